The van der Waals surface area contributed by atoms with Crippen LogP contribution in [0.15, 0.2) is 18.3 Å². The Morgan fingerprint density at radius 1 is 1.45 bits per heavy atom. The van der Waals surface area contributed by atoms with Crippen LogP contribution in [-0.2, 0) is 11.8 Å². The Morgan fingerprint density at radius 2 is 2.15 bits per heavy atom. The molecule has 0 amide bonds. The van der Waals surface area contributed by atoms with Crippen molar-refractivity contribution in [3.63, 3.8) is 0 Å². The first kappa shape index (κ1) is 13.9. The normalized spacial score (nSPS) is 10.6. The molecule has 0 N–H and O–H groups in total. The summed E-state index contributed by atoms with van der Waals surface area (Å²) in [6.07, 6.45) is 1.52. The van der Waals surface area contributed by atoms with E-state index in [4.69, 9.17) is 9.47 Å². The number of nitrogens with zero attached hydrogens (tertiary/aromatic N) is 2. The minimum absolute atomic E-state index is 0.110. The number of hydrogen-bond acceptors (Lipinski definition) is 5. The van der Waals surface area contributed by atoms with Crippen molar-refractivity contribution in [3.8, 4) is 5.75 Å². The third-order valence-corrected chi connectivity index (χ3v) is 2.99. The fourth-order valence-corrected chi connectivity index (χ4v) is 2.16. The lowest BCUT2D eigenvalue weighted by Crippen LogP contribution is -2.05. The summed E-state index contributed by atoms with van der Waals surface area (Å²) < 4.78 is 11.6. The average Bonchev–Trinajstić information content (AvgIpc) is 2.75. The van der Waals surface area contributed by atoms with Crippen molar-refractivity contribution in [2.24, 2.45) is 7.05 Å². The van der Waals surface area contributed by atoms with Crippen molar-refractivity contribution in [1.29, 1.82) is 0 Å². The molecule has 20 heavy (non-hydrogen) atoms. The van der Waals surface area contributed by atoms with Crippen LogP contribution in [0.4, 0.5) is 5.69 Å². The molecular formula is C13H14N2O5. The van der Waals surface area contributed by atoms with E-state index >= 15 is 0 Å². The molecule has 0 bridgehead atoms. The Morgan fingerprint density at radius 3 is 2.70 bits per heavy atom. The summed E-state index contributed by atoms with van der Waals surface area (Å²) in [5, 5.41) is 11.5. The predicted molar refractivity (Wildman–Crippen MR) is 72.1 cm³/mol. The van der Waals surface area contributed by atoms with Crippen LogP contribution >= 0.6 is 0 Å². The van der Waals surface area contributed by atoms with Crippen LogP contribution in [0.25, 0.3) is 10.9 Å². The van der Waals surface area contributed by atoms with Gasteiger partial charge in [0.1, 0.15) is 0 Å². The van der Waals surface area contributed by atoms with Crippen molar-refractivity contribution in [1.82, 2.24) is 4.57 Å². The summed E-state index contributed by atoms with van der Waals surface area (Å²) in [4.78, 5) is 22.7. The topological polar surface area (TPSA) is 83.6 Å². The molecule has 0 unspecified atom stereocenters. The fraction of sp³-hybridized carbons (Fsp3) is 0.308. The third kappa shape index (κ3) is 2.07. The number of carbonyl (C=O) groups is 1. The number of aromatic nitrogens is 1. The number of aryl methyl sites for hydroxylation is 1. The van der Waals surface area contributed by atoms with Crippen molar-refractivity contribution in [2.45, 2.75) is 6.92 Å². The molecule has 1 aromatic carbocycles. The van der Waals surface area contributed by atoms with E-state index < -0.39 is 10.9 Å². The smallest absolute Gasteiger partial charge is 0.340 e. The summed E-state index contributed by atoms with van der Waals surface area (Å²) in [6, 6.07) is 3.18. The van der Waals surface area contributed by atoms with Gasteiger partial charge in [-0.2, -0.15) is 0 Å². The molecule has 0 spiro atoms. The van der Waals surface area contributed by atoms with E-state index in [1.54, 1.807) is 24.6 Å². The number of hydrogen-bond donors (Lipinski definition) is 0. The van der Waals surface area contributed by atoms with Gasteiger partial charge >= 0.3 is 11.7 Å². The molecule has 1 aromatic heterocycles. The molecule has 0 saturated carbocycles. The average molecular weight is 278 g/mol. The number of methoxy groups -OCH3 is 1. The van der Waals surface area contributed by atoms with Crippen LogP contribution in [0.2, 0.25) is 0 Å². The lowest BCUT2D eigenvalue weighted by Gasteiger charge is -2.04. The molecule has 0 aliphatic heterocycles. The van der Waals surface area contributed by atoms with E-state index in [0.717, 1.165) is 0 Å². The number of nitro benzene ring substituents is 1. The quantitative estimate of drug-likeness (QED) is 0.486. The van der Waals surface area contributed by atoms with Gasteiger partial charge in [-0.3, -0.25) is 10.1 Å². The van der Waals surface area contributed by atoms with Gasteiger partial charge in [-0.15, -0.1) is 0 Å². The zero-order valence-electron chi connectivity index (χ0n) is 11.4. The molecule has 106 valence electrons. The lowest BCUT2D eigenvalue weighted by molar-refractivity contribution is -0.384. The van der Waals surface area contributed by atoms with Crippen molar-refractivity contribution in [2.75, 3.05) is 13.7 Å². The molecule has 2 rings (SSSR count). The van der Waals surface area contributed by atoms with Gasteiger partial charge in [0.05, 0.1) is 35.1 Å². The second kappa shape index (κ2) is 5.20. The van der Waals surface area contributed by atoms with E-state index in [1.165, 1.54) is 19.4 Å². The third-order valence-electron chi connectivity index (χ3n) is 2.99. The van der Waals surface area contributed by atoms with Crippen molar-refractivity contribution in [3.05, 3.63) is 34.0 Å². The van der Waals surface area contributed by atoms with Crippen LogP contribution < -0.4 is 4.74 Å². The molecule has 7 heteroatoms. The fourth-order valence-electron chi connectivity index (χ4n) is 2.16. The number of fused-ring (bicyclic) bond motifs is 1. The maximum absolute atomic E-state index is 11.9. The van der Waals surface area contributed by atoms with Gasteiger partial charge < -0.3 is 14.0 Å². The summed E-state index contributed by atoms with van der Waals surface area (Å²) in [6.45, 7) is 1.88. The second-order valence-electron chi connectivity index (χ2n) is 4.14. The molecule has 7 nitrogen and oxygen atoms in total. The van der Waals surface area contributed by atoms with Crippen LogP contribution in [0.5, 0.6) is 5.75 Å². The number of esters is 1. The Balaban J connectivity index is 2.83. The SMILES string of the molecule is CCOC(=O)c1cn(C)c2ccc(OC)c([N+](=O)[O-])c12. The van der Waals surface area contributed by atoms with Crippen LogP contribution in [-0.4, -0.2) is 29.2 Å². The van der Waals surface area contributed by atoms with Crippen LogP contribution in [0, 0.1) is 10.1 Å². The molecule has 0 radical (unpaired) electrons. The van der Waals surface area contributed by atoms with E-state index in [1.807, 2.05) is 0 Å². The van der Waals surface area contributed by atoms with Crippen molar-refractivity contribution >= 4 is 22.6 Å². The van der Waals surface area contributed by atoms with Gasteiger partial charge in [0, 0.05) is 13.2 Å². The van der Waals surface area contributed by atoms with Gasteiger partial charge in [-0.1, -0.05) is 0 Å². The first-order valence-electron chi connectivity index (χ1n) is 5.98. The largest absolute Gasteiger partial charge is 0.490 e. The first-order valence-corrected chi connectivity index (χ1v) is 5.98. The molecule has 0 aliphatic rings. The summed E-state index contributed by atoms with van der Waals surface area (Å²) in [5.74, 6) is -0.478. The van der Waals surface area contributed by atoms with E-state index in [2.05, 4.69) is 0 Å². The maximum atomic E-state index is 11.9. The Kier molecular flexibility index (Phi) is 3.60. The van der Waals surface area contributed by atoms with Crippen LogP contribution in [0.3, 0.4) is 0 Å². The summed E-state index contributed by atoms with van der Waals surface area (Å²) in [7, 11) is 3.06. The highest BCUT2D eigenvalue weighted by atomic mass is 16.6. The standard InChI is InChI=1S/C13H14N2O5/c1-4-20-13(16)8-7-14(2)9-5-6-10(19-3)12(11(8)9)15(17)18/h5-7H,4H2,1-3H3. The summed E-state index contributed by atoms with van der Waals surface area (Å²) >= 11 is 0. The highest BCUT2D eigenvalue weighted by Crippen LogP contribution is 2.38. The van der Waals surface area contributed by atoms with Gasteiger partial charge in [-0.05, 0) is 19.1 Å². The van der Waals surface area contributed by atoms with E-state index in [0.29, 0.717) is 5.52 Å². The van der Waals surface area contributed by atoms with Gasteiger partial charge in [0.2, 0.25) is 0 Å². The number of ether oxygens (including phenoxy) is 2. The highest BCUT2D eigenvalue weighted by molar-refractivity contribution is 6.09. The zero-order chi connectivity index (χ0) is 14.9. The molecule has 0 atom stereocenters. The number of nitro groups is 1. The highest BCUT2D eigenvalue weighted by Gasteiger charge is 2.27. The molecule has 2 aromatic rings. The molecule has 0 aliphatic carbocycles. The van der Waals surface area contributed by atoms with Crippen molar-refractivity contribution < 1.29 is 19.2 Å². The Hall–Kier alpha value is -2.57. The first-order chi connectivity index (χ1) is 9.51. The Bertz CT molecular complexity index is 690. The number of benzene rings is 1. The van der Waals surface area contributed by atoms with Crippen LogP contribution in [0.1, 0.15) is 17.3 Å². The molecule has 0 fully saturated rings. The number of carbonyl (C=O) groups excluding carboxylic acids is 1. The van der Waals surface area contributed by atoms with Gasteiger partial charge in [-0.25, -0.2) is 4.79 Å². The molecule has 1 heterocycles. The van der Waals surface area contributed by atoms with Gasteiger partial charge in [0.25, 0.3) is 0 Å². The monoisotopic (exact) mass is 278 g/mol. The predicted octanol–water partition coefficient (Wildman–Crippen LogP) is 2.27. The lowest BCUT2D eigenvalue weighted by atomic mass is 10.1. The zero-order valence-corrected chi connectivity index (χ0v) is 11.4. The maximum Gasteiger partial charge on any atom is 0.340 e. The Labute approximate surface area is 114 Å². The minimum Gasteiger partial charge on any atom is -0.490 e. The summed E-state index contributed by atoms with van der Waals surface area (Å²) in [5.41, 5.74) is 0.504. The second-order valence-corrected chi connectivity index (χ2v) is 4.14. The van der Waals surface area contributed by atoms with Gasteiger partial charge in [0.15, 0.2) is 5.75 Å². The number of rotatable bonds is 4. The molecular weight excluding hydrogens is 264 g/mol. The van der Waals surface area contributed by atoms with E-state index in [9.17, 15) is 14.9 Å². The van der Waals surface area contributed by atoms with E-state index in [-0.39, 0.29) is 29.0 Å². The minimum atomic E-state index is -0.588. The molecule has 0 saturated heterocycles.